The quantitative estimate of drug-likeness (QED) is 0.562. The lowest BCUT2D eigenvalue weighted by atomic mass is 10.1. The van der Waals surface area contributed by atoms with Crippen LogP contribution in [0.5, 0.6) is 0 Å². The summed E-state index contributed by atoms with van der Waals surface area (Å²) in [5.74, 6) is 2.54. The summed E-state index contributed by atoms with van der Waals surface area (Å²) in [6, 6.07) is 19.8. The van der Waals surface area contributed by atoms with E-state index in [4.69, 9.17) is 0 Å². The SMILES string of the molecule is Cc1nc(Nc2ccc(NC(=O)CCc3ccccc3)cc2)cc(N2CCCCC2)n1. The lowest BCUT2D eigenvalue weighted by molar-refractivity contribution is -0.116. The van der Waals surface area contributed by atoms with Crippen LogP contribution >= 0.6 is 0 Å². The van der Waals surface area contributed by atoms with Crippen molar-refractivity contribution in [3.63, 3.8) is 0 Å². The van der Waals surface area contributed by atoms with Crippen molar-refractivity contribution in [2.75, 3.05) is 28.6 Å². The van der Waals surface area contributed by atoms with Gasteiger partial charge in [0.2, 0.25) is 5.91 Å². The molecule has 3 aromatic rings. The van der Waals surface area contributed by atoms with Crippen LogP contribution in [0.25, 0.3) is 0 Å². The van der Waals surface area contributed by atoms with Gasteiger partial charge >= 0.3 is 0 Å². The van der Waals surface area contributed by atoms with Crippen molar-refractivity contribution in [2.24, 2.45) is 0 Å². The van der Waals surface area contributed by atoms with Gasteiger partial charge in [-0.1, -0.05) is 30.3 Å². The van der Waals surface area contributed by atoms with Gasteiger partial charge in [-0.2, -0.15) is 0 Å². The van der Waals surface area contributed by atoms with E-state index in [9.17, 15) is 4.79 Å². The third-order valence-corrected chi connectivity index (χ3v) is 5.43. The Bertz CT molecular complexity index is 998. The summed E-state index contributed by atoms with van der Waals surface area (Å²) in [6.45, 7) is 4.02. The van der Waals surface area contributed by atoms with Crippen molar-refractivity contribution >= 4 is 28.9 Å². The van der Waals surface area contributed by atoms with Gasteiger partial charge in [0.1, 0.15) is 17.5 Å². The molecule has 1 saturated heterocycles. The second kappa shape index (κ2) is 10.1. The number of nitrogens with zero attached hydrogens (tertiary/aromatic N) is 3. The minimum Gasteiger partial charge on any atom is -0.356 e. The summed E-state index contributed by atoms with van der Waals surface area (Å²) in [5.41, 5.74) is 2.88. The van der Waals surface area contributed by atoms with Gasteiger partial charge in [0.05, 0.1) is 0 Å². The van der Waals surface area contributed by atoms with Gasteiger partial charge in [-0.3, -0.25) is 4.79 Å². The van der Waals surface area contributed by atoms with E-state index in [2.05, 4.69) is 25.5 Å². The smallest absolute Gasteiger partial charge is 0.224 e. The fraction of sp³-hybridized carbons (Fsp3) is 0.320. The van der Waals surface area contributed by atoms with E-state index in [1.807, 2.05) is 67.6 Å². The predicted octanol–water partition coefficient (Wildman–Crippen LogP) is 5.09. The average Bonchev–Trinajstić information content (AvgIpc) is 2.80. The number of hydrogen-bond donors (Lipinski definition) is 2. The average molecular weight is 416 g/mol. The summed E-state index contributed by atoms with van der Waals surface area (Å²) >= 11 is 0. The minimum atomic E-state index is 0.0159. The number of carbonyl (C=O) groups excluding carboxylic acids is 1. The minimum absolute atomic E-state index is 0.0159. The Labute approximate surface area is 183 Å². The fourth-order valence-corrected chi connectivity index (χ4v) is 3.81. The van der Waals surface area contributed by atoms with Crippen LogP contribution in [0.15, 0.2) is 60.7 Å². The Kier molecular flexibility index (Phi) is 6.77. The molecule has 0 unspecified atom stereocenters. The first kappa shape index (κ1) is 20.8. The monoisotopic (exact) mass is 415 g/mol. The van der Waals surface area contributed by atoms with E-state index in [0.717, 1.165) is 48.3 Å². The number of rotatable bonds is 7. The van der Waals surface area contributed by atoms with Crippen molar-refractivity contribution in [2.45, 2.75) is 39.0 Å². The Balaban J connectivity index is 1.34. The molecule has 0 atom stereocenters. The molecule has 1 amide bonds. The van der Waals surface area contributed by atoms with Gasteiger partial charge in [0.15, 0.2) is 0 Å². The number of carbonyl (C=O) groups is 1. The van der Waals surface area contributed by atoms with Crippen molar-refractivity contribution in [3.8, 4) is 0 Å². The molecule has 160 valence electrons. The van der Waals surface area contributed by atoms with Gasteiger partial charge < -0.3 is 15.5 Å². The van der Waals surface area contributed by atoms with E-state index >= 15 is 0 Å². The molecule has 0 radical (unpaired) electrons. The van der Waals surface area contributed by atoms with Crippen LogP contribution in [0.2, 0.25) is 0 Å². The van der Waals surface area contributed by atoms with Gasteiger partial charge in [-0.05, 0) is 62.4 Å². The zero-order valence-electron chi connectivity index (χ0n) is 18.0. The highest BCUT2D eigenvalue weighted by Crippen LogP contribution is 2.23. The second-order valence-corrected chi connectivity index (χ2v) is 7.94. The topological polar surface area (TPSA) is 70.2 Å². The van der Waals surface area contributed by atoms with Crippen molar-refractivity contribution < 1.29 is 4.79 Å². The first-order valence-corrected chi connectivity index (χ1v) is 11.0. The number of hydrogen-bond acceptors (Lipinski definition) is 5. The molecular weight excluding hydrogens is 386 g/mol. The molecule has 2 N–H and O–H groups in total. The number of amides is 1. The molecule has 1 aliphatic rings. The molecule has 2 heterocycles. The van der Waals surface area contributed by atoms with Crippen LogP contribution in [0.3, 0.4) is 0 Å². The van der Waals surface area contributed by atoms with Crippen molar-refractivity contribution in [1.82, 2.24) is 9.97 Å². The lowest BCUT2D eigenvalue weighted by Gasteiger charge is -2.28. The number of anilines is 4. The Hall–Kier alpha value is -3.41. The number of aromatic nitrogens is 2. The van der Waals surface area contributed by atoms with Crippen molar-refractivity contribution in [1.29, 1.82) is 0 Å². The van der Waals surface area contributed by atoms with Gasteiger partial charge in [-0.25, -0.2) is 9.97 Å². The van der Waals surface area contributed by atoms with Crippen LogP contribution in [0, 0.1) is 6.92 Å². The zero-order chi connectivity index (χ0) is 21.5. The van der Waals surface area contributed by atoms with Crippen LogP contribution in [0.4, 0.5) is 23.0 Å². The fourth-order valence-electron chi connectivity index (χ4n) is 3.81. The zero-order valence-corrected chi connectivity index (χ0v) is 18.0. The van der Waals surface area contributed by atoms with Crippen molar-refractivity contribution in [3.05, 3.63) is 72.1 Å². The van der Waals surface area contributed by atoms with Gasteiger partial charge in [-0.15, -0.1) is 0 Å². The predicted molar refractivity (Wildman–Crippen MR) is 126 cm³/mol. The van der Waals surface area contributed by atoms with E-state index in [-0.39, 0.29) is 5.91 Å². The highest BCUT2D eigenvalue weighted by atomic mass is 16.1. The normalized spacial score (nSPS) is 13.6. The molecule has 0 bridgehead atoms. The molecule has 0 spiro atoms. The van der Waals surface area contributed by atoms with Gasteiger partial charge in [0, 0.05) is 37.0 Å². The Morgan fingerprint density at radius 2 is 1.65 bits per heavy atom. The number of nitrogens with one attached hydrogen (secondary N) is 2. The molecule has 0 aliphatic carbocycles. The molecule has 6 heteroatoms. The van der Waals surface area contributed by atoms with E-state index < -0.39 is 0 Å². The molecular formula is C25H29N5O. The largest absolute Gasteiger partial charge is 0.356 e. The third-order valence-electron chi connectivity index (χ3n) is 5.43. The van der Waals surface area contributed by atoms with E-state index in [0.29, 0.717) is 6.42 Å². The second-order valence-electron chi connectivity index (χ2n) is 7.94. The summed E-state index contributed by atoms with van der Waals surface area (Å²) < 4.78 is 0. The first-order valence-electron chi connectivity index (χ1n) is 11.0. The summed E-state index contributed by atoms with van der Waals surface area (Å²) in [7, 11) is 0. The first-order chi connectivity index (χ1) is 15.2. The van der Waals surface area contributed by atoms with Crippen LogP contribution in [-0.2, 0) is 11.2 Å². The summed E-state index contributed by atoms with van der Waals surface area (Å²) in [5, 5.41) is 6.33. The number of benzene rings is 2. The molecule has 6 nitrogen and oxygen atoms in total. The molecule has 1 aliphatic heterocycles. The maximum atomic E-state index is 12.2. The Morgan fingerprint density at radius 3 is 2.39 bits per heavy atom. The number of piperidine rings is 1. The Morgan fingerprint density at radius 1 is 0.935 bits per heavy atom. The van der Waals surface area contributed by atoms with Crippen LogP contribution in [-0.4, -0.2) is 29.0 Å². The summed E-state index contributed by atoms with van der Waals surface area (Å²) in [6.07, 6.45) is 4.91. The third kappa shape index (κ3) is 6.04. The summed E-state index contributed by atoms with van der Waals surface area (Å²) in [4.78, 5) is 23.7. The molecule has 1 fully saturated rings. The van der Waals surface area contributed by atoms with Crippen LogP contribution < -0.4 is 15.5 Å². The van der Waals surface area contributed by atoms with E-state index in [1.165, 1.54) is 24.8 Å². The highest BCUT2D eigenvalue weighted by molar-refractivity contribution is 5.91. The molecule has 31 heavy (non-hydrogen) atoms. The molecule has 1 aromatic heterocycles. The molecule has 2 aromatic carbocycles. The van der Waals surface area contributed by atoms with E-state index in [1.54, 1.807) is 0 Å². The van der Waals surface area contributed by atoms with Gasteiger partial charge in [0.25, 0.3) is 0 Å². The highest BCUT2D eigenvalue weighted by Gasteiger charge is 2.14. The standard InChI is InChI=1S/C25H29N5O/c1-19-26-23(18-24(27-19)30-16-6-3-7-17-30)28-21-11-13-22(14-12-21)29-25(31)15-10-20-8-4-2-5-9-20/h2,4-5,8-9,11-14,18H,3,6-7,10,15-17H2,1H3,(H,29,31)(H,26,27,28). The number of aryl methyl sites for hydroxylation is 2. The maximum Gasteiger partial charge on any atom is 0.224 e. The molecule has 0 saturated carbocycles. The molecule has 4 rings (SSSR count). The van der Waals surface area contributed by atoms with Crippen LogP contribution in [0.1, 0.15) is 37.1 Å². The maximum absolute atomic E-state index is 12.2. The lowest BCUT2D eigenvalue weighted by Crippen LogP contribution is -2.30.